The first kappa shape index (κ1) is 21.3. The third-order valence-electron chi connectivity index (χ3n) is 8.37. The van der Waals surface area contributed by atoms with Crippen LogP contribution >= 0.6 is 11.3 Å². The molecule has 1 aromatic heterocycles. The summed E-state index contributed by atoms with van der Waals surface area (Å²) < 4.78 is 1.06. The summed E-state index contributed by atoms with van der Waals surface area (Å²) in [4.78, 5) is 33.9. The molecule has 1 spiro atoms. The highest BCUT2D eigenvalue weighted by atomic mass is 32.1. The van der Waals surface area contributed by atoms with Gasteiger partial charge >= 0.3 is 0 Å². The highest BCUT2D eigenvalue weighted by Gasteiger charge is 2.69. The zero-order valence-electron chi connectivity index (χ0n) is 19.0. The lowest BCUT2D eigenvalue weighted by Gasteiger charge is -2.26. The highest BCUT2D eigenvalue weighted by Crippen LogP contribution is 2.72. The van der Waals surface area contributed by atoms with Crippen LogP contribution in [0, 0.1) is 29.1 Å². The number of nitrogens with one attached hydrogen (secondary N) is 2. The molecule has 1 aromatic carbocycles. The molecule has 2 amide bonds. The van der Waals surface area contributed by atoms with Crippen LogP contribution in [0.1, 0.15) is 38.5 Å². The van der Waals surface area contributed by atoms with E-state index >= 15 is 0 Å². The molecule has 1 aliphatic heterocycles. The molecule has 2 aromatic rings. The largest absolute Gasteiger partial charge is 0.356 e. The molecule has 0 radical (unpaired) electrons. The first-order valence-electron chi connectivity index (χ1n) is 12.5. The van der Waals surface area contributed by atoms with Crippen LogP contribution in [0.25, 0.3) is 10.2 Å². The van der Waals surface area contributed by atoms with Crippen molar-refractivity contribution in [3.63, 3.8) is 0 Å². The van der Waals surface area contributed by atoms with E-state index < -0.39 is 0 Å². The normalized spacial score (nSPS) is 29.2. The number of thiazole rings is 1. The number of unbranched alkanes of at least 4 members (excludes halogenated alkanes) is 1. The van der Waals surface area contributed by atoms with Gasteiger partial charge in [0.2, 0.25) is 11.8 Å². The van der Waals surface area contributed by atoms with Crippen LogP contribution < -0.4 is 10.6 Å². The average Bonchev–Trinajstić information content (AvgIpc) is 3.11. The number of likely N-dealkylation sites (tertiary alicyclic amines) is 1. The number of hydrogen-bond donors (Lipinski definition) is 2. The van der Waals surface area contributed by atoms with Crippen molar-refractivity contribution >= 4 is 38.5 Å². The van der Waals surface area contributed by atoms with Crippen LogP contribution in [0.3, 0.4) is 0 Å². The number of para-hydroxylation sites is 1. The maximum Gasteiger partial charge on any atom is 0.230 e. The quantitative estimate of drug-likeness (QED) is 0.457. The van der Waals surface area contributed by atoms with Gasteiger partial charge in [-0.1, -0.05) is 35.6 Å². The van der Waals surface area contributed by atoms with E-state index in [2.05, 4.69) is 32.7 Å². The zero-order valence-corrected chi connectivity index (χ0v) is 19.8. The van der Waals surface area contributed by atoms with Crippen molar-refractivity contribution in [2.75, 3.05) is 31.5 Å². The number of allylic oxidation sites excluding steroid dienone is 2. The minimum Gasteiger partial charge on any atom is -0.356 e. The van der Waals surface area contributed by atoms with Gasteiger partial charge in [-0.15, -0.1) is 0 Å². The van der Waals surface area contributed by atoms with E-state index in [0.717, 1.165) is 42.4 Å². The Labute approximate surface area is 198 Å². The number of hydrogen-bond acceptors (Lipinski definition) is 5. The van der Waals surface area contributed by atoms with Gasteiger partial charge in [-0.05, 0) is 87.5 Å². The summed E-state index contributed by atoms with van der Waals surface area (Å²) in [5.74, 6) is -0.203. The van der Waals surface area contributed by atoms with E-state index in [-0.39, 0.29) is 40.9 Å². The van der Waals surface area contributed by atoms with Gasteiger partial charge in [-0.3, -0.25) is 9.59 Å². The molecule has 4 atom stereocenters. The fourth-order valence-corrected chi connectivity index (χ4v) is 7.49. The maximum atomic E-state index is 13.5. The first-order valence-corrected chi connectivity index (χ1v) is 13.3. The molecule has 2 saturated carbocycles. The van der Waals surface area contributed by atoms with Crippen LogP contribution in [0.15, 0.2) is 36.4 Å². The first-order chi connectivity index (χ1) is 16.2. The molecule has 4 aliphatic rings. The summed E-state index contributed by atoms with van der Waals surface area (Å²) in [5, 5.41) is 6.88. The SMILES string of the molecule is O=C(NCCCCN1CCCC1)[C@H]1[C@H](C(=O)Nc2nc3ccccc3s2)[C@H]2C=C[C@H]1C21CC1. The lowest BCUT2D eigenvalue weighted by molar-refractivity contribution is -0.132. The van der Waals surface area contributed by atoms with Gasteiger partial charge in [0.05, 0.1) is 22.1 Å². The number of rotatable bonds is 8. The van der Waals surface area contributed by atoms with E-state index in [9.17, 15) is 9.59 Å². The van der Waals surface area contributed by atoms with Crippen molar-refractivity contribution in [3.8, 4) is 0 Å². The van der Waals surface area contributed by atoms with E-state index in [0.29, 0.717) is 11.7 Å². The van der Waals surface area contributed by atoms with E-state index in [1.54, 1.807) is 0 Å². The monoisotopic (exact) mass is 464 g/mol. The minimum absolute atomic E-state index is 0.0497. The van der Waals surface area contributed by atoms with Crippen LogP contribution in [-0.2, 0) is 9.59 Å². The third-order valence-corrected chi connectivity index (χ3v) is 9.32. The smallest absolute Gasteiger partial charge is 0.230 e. The molecule has 3 aliphatic carbocycles. The van der Waals surface area contributed by atoms with E-state index in [1.807, 2.05) is 24.3 Å². The Bertz CT molecular complexity index is 1050. The Morgan fingerprint density at radius 1 is 1.03 bits per heavy atom. The number of carbonyl (C=O) groups is 2. The summed E-state index contributed by atoms with van der Waals surface area (Å²) in [5.41, 5.74) is 1.04. The molecular formula is C26H32N4O2S. The summed E-state index contributed by atoms with van der Waals surface area (Å²) in [7, 11) is 0. The number of amides is 2. The van der Waals surface area contributed by atoms with E-state index in [4.69, 9.17) is 0 Å². The Balaban J connectivity index is 1.11. The second-order valence-corrected chi connectivity index (χ2v) is 11.3. The predicted octanol–water partition coefficient (Wildman–Crippen LogP) is 4.06. The molecule has 174 valence electrons. The van der Waals surface area contributed by atoms with Crippen molar-refractivity contribution in [1.29, 1.82) is 0 Å². The molecule has 2 heterocycles. The van der Waals surface area contributed by atoms with Crippen molar-refractivity contribution in [2.24, 2.45) is 29.1 Å². The fraction of sp³-hybridized carbons (Fsp3) is 0.577. The third kappa shape index (κ3) is 3.79. The molecule has 7 heteroatoms. The number of fused-ring (bicyclic) bond motifs is 1. The van der Waals surface area contributed by atoms with Gasteiger partial charge in [0.1, 0.15) is 0 Å². The van der Waals surface area contributed by atoms with Crippen LogP contribution in [0.4, 0.5) is 5.13 Å². The molecule has 2 N–H and O–H groups in total. The highest BCUT2D eigenvalue weighted by molar-refractivity contribution is 7.22. The van der Waals surface area contributed by atoms with Crippen molar-refractivity contribution in [1.82, 2.24) is 15.2 Å². The average molecular weight is 465 g/mol. The molecule has 6 nitrogen and oxygen atoms in total. The number of anilines is 1. The predicted molar refractivity (Wildman–Crippen MR) is 131 cm³/mol. The van der Waals surface area contributed by atoms with Crippen molar-refractivity contribution in [2.45, 2.75) is 38.5 Å². The number of benzene rings is 1. The van der Waals surface area contributed by atoms with Crippen molar-refractivity contribution in [3.05, 3.63) is 36.4 Å². The second-order valence-electron chi connectivity index (χ2n) is 10.2. The summed E-state index contributed by atoms with van der Waals surface area (Å²) in [6, 6.07) is 7.91. The second kappa shape index (κ2) is 8.51. The standard InChI is InChI=1S/C26H32N4O2S/c31-23(27-13-3-4-14-30-15-5-6-16-30)21-17-9-10-18(26(17)11-12-26)22(21)24(32)29-25-28-19-7-1-2-8-20(19)33-25/h1-2,7-10,17-18,21-22H,3-6,11-16H2,(H,27,31)(H,28,29,32)/t17-,18-,21-,22-/m1/s1. The van der Waals surface area contributed by atoms with Gasteiger partial charge < -0.3 is 15.5 Å². The van der Waals surface area contributed by atoms with Gasteiger partial charge in [0, 0.05) is 6.54 Å². The topological polar surface area (TPSA) is 74.3 Å². The Morgan fingerprint density at radius 2 is 1.76 bits per heavy atom. The fourth-order valence-electron chi connectivity index (χ4n) is 6.62. The Kier molecular flexibility index (Phi) is 5.49. The van der Waals surface area contributed by atoms with Crippen LogP contribution in [-0.4, -0.2) is 47.9 Å². The van der Waals surface area contributed by atoms with Gasteiger partial charge in [0.15, 0.2) is 5.13 Å². The van der Waals surface area contributed by atoms with Gasteiger partial charge in [0.25, 0.3) is 0 Å². The zero-order chi connectivity index (χ0) is 22.4. The lowest BCUT2D eigenvalue weighted by Crippen LogP contribution is -2.42. The van der Waals surface area contributed by atoms with Gasteiger partial charge in [-0.2, -0.15) is 0 Å². The molecule has 1 saturated heterocycles. The minimum atomic E-state index is -0.306. The molecule has 0 unspecified atom stereocenters. The van der Waals surface area contributed by atoms with Crippen molar-refractivity contribution < 1.29 is 9.59 Å². The Morgan fingerprint density at radius 3 is 2.48 bits per heavy atom. The number of aromatic nitrogens is 1. The maximum absolute atomic E-state index is 13.5. The molecule has 6 rings (SSSR count). The van der Waals surface area contributed by atoms with Gasteiger partial charge in [-0.25, -0.2) is 4.98 Å². The Hall–Kier alpha value is -2.25. The molecular weight excluding hydrogens is 432 g/mol. The van der Waals surface area contributed by atoms with Crippen LogP contribution in [0.2, 0.25) is 0 Å². The summed E-state index contributed by atoms with van der Waals surface area (Å²) in [6.45, 7) is 4.27. The summed E-state index contributed by atoms with van der Waals surface area (Å²) in [6.07, 6.45) is 11.4. The number of carbonyl (C=O) groups excluding carboxylic acids is 2. The molecule has 33 heavy (non-hydrogen) atoms. The molecule has 3 fully saturated rings. The summed E-state index contributed by atoms with van der Waals surface area (Å²) >= 11 is 1.49. The number of nitrogens with zero attached hydrogens (tertiary/aromatic N) is 2. The molecule has 2 bridgehead atoms. The van der Waals surface area contributed by atoms with E-state index in [1.165, 1.54) is 37.3 Å². The van der Waals surface area contributed by atoms with Crippen LogP contribution in [0.5, 0.6) is 0 Å². The lowest BCUT2D eigenvalue weighted by atomic mass is 9.81.